The second-order valence-electron chi connectivity index (χ2n) is 4.76. The molecule has 2 aliphatic rings. The maximum Gasteiger partial charge on any atom is 0.137 e. The highest BCUT2D eigenvalue weighted by Gasteiger charge is 2.28. The molecule has 2 unspecified atom stereocenters. The predicted octanol–water partition coefficient (Wildman–Crippen LogP) is 2.39. The third-order valence-electron chi connectivity index (χ3n) is 3.52. The summed E-state index contributed by atoms with van der Waals surface area (Å²) in [4.78, 5) is 4.50. The summed E-state index contributed by atoms with van der Waals surface area (Å²) in [5, 5.41) is 3.59. The van der Waals surface area contributed by atoms with Crippen molar-refractivity contribution in [1.29, 1.82) is 0 Å². The molecular weight excluding hydrogens is 212 g/mol. The number of aromatic nitrogens is 1. The molecular formula is C14H18N2O. The number of nitrogens with one attached hydrogen (secondary N) is 1. The van der Waals surface area contributed by atoms with Gasteiger partial charge >= 0.3 is 0 Å². The van der Waals surface area contributed by atoms with Crippen LogP contribution in [0.5, 0.6) is 5.75 Å². The van der Waals surface area contributed by atoms with Gasteiger partial charge in [-0.15, -0.1) is 0 Å². The summed E-state index contributed by atoms with van der Waals surface area (Å²) in [6, 6.07) is 5.31. The standard InChI is InChI=1S/C14H18N2O/c1-2-17-13-5-6-14(15-9-13)10-7-11-3-4-12(8-10)16-11/h5-7,9,11-12,16H,2-4,8H2,1H3. The first kappa shape index (κ1) is 10.8. The van der Waals surface area contributed by atoms with E-state index in [1.807, 2.05) is 19.2 Å². The van der Waals surface area contributed by atoms with Crippen LogP contribution in [0.2, 0.25) is 0 Å². The number of nitrogens with zero attached hydrogens (tertiary/aromatic N) is 1. The molecule has 0 spiro atoms. The number of hydrogen-bond acceptors (Lipinski definition) is 3. The number of ether oxygens (including phenoxy) is 1. The van der Waals surface area contributed by atoms with Crippen molar-refractivity contribution in [3.8, 4) is 5.75 Å². The van der Waals surface area contributed by atoms with E-state index in [0.29, 0.717) is 18.7 Å². The highest BCUT2D eigenvalue weighted by Crippen LogP contribution is 2.31. The molecule has 1 saturated heterocycles. The molecule has 1 fully saturated rings. The monoisotopic (exact) mass is 230 g/mol. The van der Waals surface area contributed by atoms with E-state index >= 15 is 0 Å². The Labute approximate surface area is 102 Å². The molecule has 0 radical (unpaired) electrons. The van der Waals surface area contributed by atoms with Crippen molar-refractivity contribution in [3.05, 3.63) is 30.1 Å². The van der Waals surface area contributed by atoms with Crippen LogP contribution in [-0.4, -0.2) is 23.7 Å². The quantitative estimate of drug-likeness (QED) is 0.865. The maximum absolute atomic E-state index is 5.41. The van der Waals surface area contributed by atoms with Gasteiger partial charge in [-0.25, -0.2) is 0 Å². The van der Waals surface area contributed by atoms with E-state index in [2.05, 4.69) is 22.4 Å². The molecule has 0 saturated carbocycles. The van der Waals surface area contributed by atoms with Crippen LogP contribution >= 0.6 is 0 Å². The van der Waals surface area contributed by atoms with Gasteiger partial charge in [0, 0.05) is 12.1 Å². The van der Waals surface area contributed by atoms with Crippen molar-refractivity contribution in [3.63, 3.8) is 0 Å². The summed E-state index contributed by atoms with van der Waals surface area (Å²) in [7, 11) is 0. The fraction of sp³-hybridized carbons (Fsp3) is 0.500. The summed E-state index contributed by atoms with van der Waals surface area (Å²) in [6.45, 7) is 2.68. The summed E-state index contributed by atoms with van der Waals surface area (Å²) < 4.78 is 5.41. The van der Waals surface area contributed by atoms with Crippen LogP contribution in [0.3, 0.4) is 0 Å². The Morgan fingerprint density at radius 3 is 3.06 bits per heavy atom. The average Bonchev–Trinajstić information content (AvgIpc) is 2.70. The molecule has 1 N–H and O–H groups in total. The second kappa shape index (κ2) is 4.49. The Hall–Kier alpha value is -1.35. The molecule has 2 bridgehead atoms. The molecule has 0 aliphatic carbocycles. The highest BCUT2D eigenvalue weighted by atomic mass is 16.5. The lowest BCUT2D eigenvalue weighted by Gasteiger charge is -2.20. The van der Waals surface area contributed by atoms with Crippen LogP contribution < -0.4 is 10.1 Å². The summed E-state index contributed by atoms with van der Waals surface area (Å²) in [5.41, 5.74) is 2.49. The van der Waals surface area contributed by atoms with Gasteiger partial charge in [0.25, 0.3) is 0 Å². The maximum atomic E-state index is 5.41. The van der Waals surface area contributed by atoms with Crippen LogP contribution in [0.15, 0.2) is 24.4 Å². The zero-order chi connectivity index (χ0) is 11.7. The first-order valence-electron chi connectivity index (χ1n) is 6.41. The van der Waals surface area contributed by atoms with Crippen LogP contribution in [0.4, 0.5) is 0 Å². The Bertz CT molecular complexity index is 424. The molecule has 3 heterocycles. The van der Waals surface area contributed by atoms with Gasteiger partial charge in [0.1, 0.15) is 5.75 Å². The van der Waals surface area contributed by atoms with Gasteiger partial charge in [0.2, 0.25) is 0 Å². The number of hydrogen-bond donors (Lipinski definition) is 1. The van der Waals surface area contributed by atoms with E-state index in [0.717, 1.165) is 17.9 Å². The van der Waals surface area contributed by atoms with Crippen molar-refractivity contribution in [2.24, 2.45) is 0 Å². The minimum Gasteiger partial charge on any atom is -0.492 e. The lowest BCUT2D eigenvalue weighted by molar-refractivity contribution is 0.339. The third kappa shape index (κ3) is 2.20. The van der Waals surface area contributed by atoms with Gasteiger partial charge in [0.15, 0.2) is 0 Å². The van der Waals surface area contributed by atoms with Crippen molar-refractivity contribution in [2.45, 2.75) is 38.3 Å². The molecule has 1 aromatic rings. The molecule has 2 aliphatic heterocycles. The van der Waals surface area contributed by atoms with E-state index in [1.165, 1.54) is 18.4 Å². The van der Waals surface area contributed by atoms with Crippen LogP contribution in [0.1, 0.15) is 31.9 Å². The Morgan fingerprint density at radius 2 is 2.35 bits per heavy atom. The van der Waals surface area contributed by atoms with Crippen molar-refractivity contribution in [2.75, 3.05) is 6.61 Å². The fourth-order valence-electron chi connectivity index (χ4n) is 2.73. The molecule has 3 heteroatoms. The molecule has 0 aromatic carbocycles. The summed E-state index contributed by atoms with van der Waals surface area (Å²) in [6.07, 6.45) is 7.83. The van der Waals surface area contributed by atoms with Gasteiger partial charge in [-0.1, -0.05) is 6.08 Å². The van der Waals surface area contributed by atoms with Gasteiger partial charge < -0.3 is 10.1 Å². The zero-order valence-electron chi connectivity index (χ0n) is 10.1. The minimum absolute atomic E-state index is 0.567. The van der Waals surface area contributed by atoms with Crippen LogP contribution in [0.25, 0.3) is 5.57 Å². The van der Waals surface area contributed by atoms with Crippen molar-refractivity contribution >= 4 is 5.57 Å². The molecule has 3 rings (SSSR count). The Balaban J connectivity index is 1.80. The predicted molar refractivity (Wildman–Crippen MR) is 67.9 cm³/mol. The van der Waals surface area contributed by atoms with E-state index in [1.54, 1.807) is 0 Å². The van der Waals surface area contributed by atoms with E-state index < -0.39 is 0 Å². The number of pyridine rings is 1. The van der Waals surface area contributed by atoms with Gasteiger partial charge in [0.05, 0.1) is 18.5 Å². The molecule has 90 valence electrons. The smallest absolute Gasteiger partial charge is 0.137 e. The number of fused-ring (bicyclic) bond motifs is 2. The first-order chi connectivity index (χ1) is 8.35. The van der Waals surface area contributed by atoms with Crippen LogP contribution in [0, 0.1) is 0 Å². The molecule has 3 nitrogen and oxygen atoms in total. The lowest BCUT2D eigenvalue weighted by Crippen LogP contribution is -2.32. The Morgan fingerprint density at radius 1 is 1.41 bits per heavy atom. The van der Waals surface area contributed by atoms with E-state index in [-0.39, 0.29) is 0 Å². The summed E-state index contributed by atoms with van der Waals surface area (Å²) >= 11 is 0. The average molecular weight is 230 g/mol. The second-order valence-corrected chi connectivity index (χ2v) is 4.76. The molecule has 0 amide bonds. The third-order valence-corrected chi connectivity index (χ3v) is 3.52. The van der Waals surface area contributed by atoms with Gasteiger partial charge in [-0.05, 0) is 43.9 Å². The normalized spacial score (nSPS) is 26.8. The van der Waals surface area contributed by atoms with Gasteiger partial charge in [-0.3, -0.25) is 4.98 Å². The SMILES string of the molecule is CCOc1ccc(C2=CC3CCC(C2)N3)nc1. The number of rotatable bonds is 3. The zero-order valence-corrected chi connectivity index (χ0v) is 10.1. The summed E-state index contributed by atoms with van der Waals surface area (Å²) in [5.74, 6) is 0.855. The minimum atomic E-state index is 0.567. The van der Waals surface area contributed by atoms with E-state index in [9.17, 15) is 0 Å². The topological polar surface area (TPSA) is 34.1 Å². The molecule has 17 heavy (non-hydrogen) atoms. The first-order valence-corrected chi connectivity index (χ1v) is 6.41. The van der Waals surface area contributed by atoms with Crippen molar-refractivity contribution < 1.29 is 4.74 Å². The lowest BCUT2D eigenvalue weighted by atomic mass is 10.00. The van der Waals surface area contributed by atoms with Crippen LogP contribution in [-0.2, 0) is 0 Å². The van der Waals surface area contributed by atoms with Crippen molar-refractivity contribution in [1.82, 2.24) is 10.3 Å². The fourth-order valence-corrected chi connectivity index (χ4v) is 2.73. The van der Waals surface area contributed by atoms with E-state index in [4.69, 9.17) is 4.74 Å². The molecule has 2 atom stereocenters. The highest BCUT2D eigenvalue weighted by molar-refractivity contribution is 5.65. The largest absolute Gasteiger partial charge is 0.492 e. The van der Waals surface area contributed by atoms with Gasteiger partial charge in [-0.2, -0.15) is 0 Å². The molecule has 1 aromatic heterocycles. The Kier molecular flexibility index (Phi) is 2.85.